The summed E-state index contributed by atoms with van der Waals surface area (Å²) in [5, 5.41) is 3.19. The van der Waals surface area contributed by atoms with Gasteiger partial charge in [-0.25, -0.2) is 0 Å². The Hall–Kier alpha value is -0.610. The number of carbonyl (C=O) groups is 1. The molecule has 0 aromatic carbocycles. The lowest BCUT2D eigenvalue weighted by atomic mass is 9.92. The minimum absolute atomic E-state index is 0.0535. The van der Waals surface area contributed by atoms with Gasteiger partial charge in [0, 0.05) is 12.6 Å². The summed E-state index contributed by atoms with van der Waals surface area (Å²) in [6.45, 7) is 10.8. The smallest absolute Gasteiger partial charge is 0.237 e. The van der Waals surface area contributed by atoms with Crippen molar-refractivity contribution in [1.29, 1.82) is 0 Å². The summed E-state index contributed by atoms with van der Waals surface area (Å²) in [6.07, 6.45) is 4.77. The highest BCUT2D eigenvalue weighted by atomic mass is 16.2. The predicted octanol–water partition coefficient (Wildman–Crippen LogP) is 1.74. The molecular formula is C15H31N3O. The lowest BCUT2D eigenvalue weighted by molar-refractivity contribution is -0.127. The van der Waals surface area contributed by atoms with Crippen molar-refractivity contribution < 1.29 is 4.79 Å². The zero-order valence-electron chi connectivity index (χ0n) is 13.0. The predicted molar refractivity (Wildman–Crippen MR) is 79.9 cm³/mol. The normalized spacial score (nSPS) is 18.8. The van der Waals surface area contributed by atoms with Gasteiger partial charge in [0.2, 0.25) is 5.91 Å². The Kier molecular flexibility index (Phi) is 6.27. The van der Waals surface area contributed by atoms with Gasteiger partial charge >= 0.3 is 0 Å². The lowest BCUT2D eigenvalue weighted by Crippen LogP contribution is -2.51. The molecule has 1 saturated carbocycles. The van der Waals surface area contributed by atoms with Crippen LogP contribution >= 0.6 is 0 Å². The van der Waals surface area contributed by atoms with Crippen molar-refractivity contribution in [3.63, 3.8) is 0 Å². The van der Waals surface area contributed by atoms with E-state index in [4.69, 9.17) is 5.73 Å². The molecule has 0 heterocycles. The fraction of sp³-hybridized carbons (Fsp3) is 0.933. The number of hydrogen-bond donors (Lipinski definition) is 2. The molecule has 112 valence electrons. The summed E-state index contributed by atoms with van der Waals surface area (Å²) < 4.78 is 0. The van der Waals surface area contributed by atoms with Crippen molar-refractivity contribution in [2.45, 2.75) is 65.5 Å². The van der Waals surface area contributed by atoms with E-state index in [1.54, 1.807) is 0 Å². The minimum atomic E-state index is -0.0728. The van der Waals surface area contributed by atoms with Crippen molar-refractivity contribution in [2.24, 2.45) is 11.1 Å². The Morgan fingerprint density at radius 3 is 2.47 bits per heavy atom. The van der Waals surface area contributed by atoms with E-state index < -0.39 is 0 Å². The zero-order valence-corrected chi connectivity index (χ0v) is 13.0. The van der Waals surface area contributed by atoms with Crippen LogP contribution in [0.4, 0.5) is 0 Å². The second-order valence-corrected chi connectivity index (χ2v) is 6.60. The molecule has 1 fully saturated rings. The third-order valence-corrected chi connectivity index (χ3v) is 4.22. The van der Waals surface area contributed by atoms with E-state index in [0.717, 1.165) is 25.9 Å². The molecule has 1 rings (SSSR count). The van der Waals surface area contributed by atoms with E-state index in [1.165, 1.54) is 12.8 Å². The fourth-order valence-electron chi connectivity index (χ4n) is 2.69. The molecule has 1 aliphatic rings. The van der Waals surface area contributed by atoms with Crippen molar-refractivity contribution in [3.05, 3.63) is 0 Å². The number of nitrogens with two attached hydrogens (primary N) is 1. The molecule has 1 atom stereocenters. The summed E-state index contributed by atoms with van der Waals surface area (Å²) in [5.41, 5.74) is 5.84. The van der Waals surface area contributed by atoms with E-state index in [1.807, 2.05) is 6.92 Å². The first-order chi connectivity index (χ1) is 8.89. The van der Waals surface area contributed by atoms with Crippen molar-refractivity contribution in [2.75, 3.05) is 19.6 Å². The number of amides is 1. The molecule has 0 spiro atoms. The Bertz CT molecular complexity index is 285. The molecule has 0 aliphatic heterocycles. The molecular weight excluding hydrogens is 238 g/mol. The summed E-state index contributed by atoms with van der Waals surface area (Å²) in [7, 11) is 0. The first kappa shape index (κ1) is 16.4. The summed E-state index contributed by atoms with van der Waals surface area (Å²) in [6, 6.07) is 0.326. The maximum absolute atomic E-state index is 12.3. The molecule has 0 aromatic rings. The Morgan fingerprint density at radius 2 is 2.00 bits per heavy atom. The van der Waals surface area contributed by atoms with E-state index in [2.05, 4.69) is 31.0 Å². The third-order valence-electron chi connectivity index (χ3n) is 4.22. The number of likely N-dealkylation sites (N-methyl/N-ethyl adjacent to an activating group) is 1. The molecule has 0 saturated heterocycles. The molecule has 0 radical (unpaired) electrons. The van der Waals surface area contributed by atoms with Crippen molar-refractivity contribution >= 4 is 5.91 Å². The molecule has 4 heteroatoms. The van der Waals surface area contributed by atoms with Crippen LogP contribution in [0.3, 0.4) is 0 Å². The van der Waals surface area contributed by atoms with Crippen molar-refractivity contribution in [3.8, 4) is 0 Å². The third kappa shape index (κ3) is 5.11. The quantitative estimate of drug-likeness (QED) is 0.740. The average molecular weight is 269 g/mol. The fourth-order valence-corrected chi connectivity index (χ4v) is 2.69. The van der Waals surface area contributed by atoms with Gasteiger partial charge < -0.3 is 11.1 Å². The van der Waals surface area contributed by atoms with E-state index in [9.17, 15) is 4.79 Å². The maximum atomic E-state index is 12.3. The van der Waals surface area contributed by atoms with Crippen LogP contribution in [0, 0.1) is 5.41 Å². The van der Waals surface area contributed by atoms with Crippen LogP contribution in [0.2, 0.25) is 0 Å². The van der Waals surface area contributed by atoms with Crippen LogP contribution in [0.5, 0.6) is 0 Å². The molecule has 0 aromatic heterocycles. The van der Waals surface area contributed by atoms with E-state index in [-0.39, 0.29) is 17.4 Å². The first-order valence-corrected chi connectivity index (χ1v) is 7.64. The molecule has 19 heavy (non-hydrogen) atoms. The Morgan fingerprint density at radius 1 is 1.42 bits per heavy atom. The Labute approximate surface area is 118 Å². The lowest BCUT2D eigenvalue weighted by Gasteiger charge is -2.34. The number of nitrogens with zero attached hydrogens (tertiary/aromatic N) is 1. The SMILES string of the molecule is CCN(CC(C)(C)CN)C(C)C(=O)NC1CCCC1. The van der Waals surface area contributed by atoms with Crippen LogP contribution in [-0.4, -0.2) is 42.5 Å². The number of nitrogens with one attached hydrogen (secondary N) is 1. The van der Waals surface area contributed by atoms with E-state index >= 15 is 0 Å². The van der Waals surface area contributed by atoms with E-state index in [0.29, 0.717) is 12.6 Å². The number of rotatable bonds is 7. The highest BCUT2D eigenvalue weighted by Crippen LogP contribution is 2.19. The second-order valence-electron chi connectivity index (χ2n) is 6.60. The molecule has 0 bridgehead atoms. The first-order valence-electron chi connectivity index (χ1n) is 7.64. The second kappa shape index (κ2) is 7.25. The highest BCUT2D eigenvalue weighted by molar-refractivity contribution is 5.81. The Balaban J connectivity index is 2.51. The van der Waals surface area contributed by atoms with Crippen LogP contribution < -0.4 is 11.1 Å². The standard InChI is InChI=1S/C15H31N3O/c1-5-18(11-15(3,4)10-16)12(2)14(19)17-13-8-6-7-9-13/h12-13H,5-11,16H2,1-4H3,(H,17,19). The largest absolute Gasteiger partial charge is 0.352 e. The summed E-state index contributed by atoms with van der Waals surface area (Å²) in [4.78, 5) is 14.5. The van der Waals surface area contributed by atoms with Gasteiger partial charge in [-0.2, -0.15) is 0 Å². The van der Waals surface area contributed by atoms with Crippen molar-refractivity contribution in [1.82, 2.24) is 10.2 Å². The maximum Gasteiger partial charge on any atom is 0.237 e. The minimum Gasteiger partial charge on any atom is -0.352 e. The number of hydrogen-bond acceptors (Lipinski definition) is 3. The topological polar surface area (TPSA) is 58.4 Å². The molecule has 4 nitrogen and oxygen atoms in total. The van der Waals surface area contributed by atoms with Gasteiger partial charge in [0.15, 0.2) is 0 Å². The highest BCUT2D eigenvalue weighted by Gasteiger charge is 2.28. The van der Waals surface area contributed by atoms with Crippen LogP contribution in [0.25, 0.3) is 0 Å². The number of carbonyl (C=O) groups excluding carboxylic acids is 1. The average Bonchev–Trinajstić information content (AvgIpc) is 2.88. The molecule has 1 unspecified atom stereocenters. The van der Waals surface area contributed by atoms with Crippen LogP contribution in [0.1, 0.15) is 53.4 Å². The molecule has 3 N–H and O–H groups in total. The summed E-state index contributed by atoms with van der Waals surface area (Å²) in [5.74, 6) is 0.168. The molecule has 1 aliphatic carbocycles. The van der Waals surface area contributed by atoms with Crippen LogP contribution in [-0.2, 0) is 4.79 Å². The van der Waals surface area contributed by atoms with Gasteiger partial charge in [-0.05, 0) is 38.3 Å². The van der Waals surface area contributed by atoms with Gasteiger partial charge in [-0.1, -0.05) is 33.6 Å². The van der Waals surface area contributed by atoms with Gasteiger partial charge in [-0.3, -0.25) is 9.69 Å². The molecule has 1 amide bonds. The monoisotopic (exact) mass is 269 g/mol. The van der Waals surface area contributed by atoms with Gasteiger partial charge in [0.25, 0.3) is 0 Å². The van der Waals surface area contributed by atoms with Gasteiger partial charge in [0.1, 0.15) is 0 Å². The van der Waals surface area contributed by atoms with Gasteiger partial charge in [0.05, 0.1) is 6.04 Å². The summed E-state index contributed by atoms with van der Waals surface area (Å²) >= 11 is 0. The van der Waals surface area contributed by atoms with Gasteiger partial charge in [-0.15, -0.1) is 0 Å². The van der Waals surface area contributed by atoms with Crippen LogP contribution in [0.15, 0.2) is 0 Å². The zero-order chi connectivity index (χ0) is 14.5.